The molecule has 0 bridgehead atoms. The Labute approximate surface area is 94.1 Å². The molecular weight excluding hydrogens is 255 g/mol. The van der Waals surface area contributed by atoms with Gasteiger partial charge in [0.15, 0.2) is 0 Å². The lowest BCUT2D eigenvalue weighted by Gasteiger charge is -2.19. The summed E-state index contributed by atoms with van der Waals surface area (Å²) in [6.07, 6.45) is -5.20. The first-order chi connectivity index (χ1) is 6.66. The van der Waals surface area contributed by atoms with E-state index in [1.54, 1.807) is 0 Å². The van der Waals surface area contributed by atoms with E-state index in [1.807, 2.05) is 0 Å². The molecule has 8 heteroatoms. The number of nitrogens with two attached hydrogens (primary N) is 1. The van der Waals surface area contributed by atoms with Crippen LogP contribution in [-0.4, -0.2) is 11.2 Å². The highest BCUT2D eigenvalue weighted by molar-refractivity contribution is 5.85. The van der Waals surface area contributed by atoms with Crippen LogP contribution in [0.3, 0.4) is 0 Å². The molecule has 0 saturated heterocycles. The maximum atomic E-state index is 12.8. The summed E-state index contributed by atoms with van der Waals surface area (Å²) in [7, 11) is 0. The van der Waals surface area contributed by atoms with Gasteiger partial charge in [-0.25, -0.2) is 4.98 Å². The van der Waals surface area contributed by atoms with E-state index >= 15 is 0 Å². The number of halogens is 6. The molecule has 0 aliphatic rings. The highest BCUT2D eigenvalue weighted by Gasteiger charge is 2.58. The van der Waals surface area contributed by atoms with Crippen molar-refractivity contribution >= 4 is 18.2 Å². The minimum absolute atomic E-state index is 0. The fraction of sp³-hybridized carbons (Fsp3) is 0.375. The smallest absolute Gasteiger partial charge is 0.383 e. The third kappa shape index (κ3) is 2.52. The first-order valence-electron chi connectivity index (χ1n) is 3.83. The molecule has 0 radical (unpaired) electrons. The number of nitrogens with zero attached hydrogens (tertiary/aromatic N) is 1. The standard InChI is InChI=1S/C8H7F5N2.ClH/c1-4-2-5(3-15-6(4)14)7(9,10)8(11,12)13;/h2-3H,1H3,(H2,14,15);1H. The molecule has 0 aromatic carbocycles. The Morgan fingerprint density at radius 1 is 1.19 bits per heavy atom. The number of rotatable bonds is 1. The predicted octanol–water partition coefficient (Wildman–Crippen LogP) is 3.05. The van der Waals surface area contributed by atoms with Gasteiger partial charge in [-0.15, -0.1) is 12.4 Å². The average Bonchev–Trinajstić information content (AvgIpc) is 2.07. The second-order valence-corrected chi connectivity index (χ2v) is 3.00. The van der Waals surface area contributed by atoms with Crippen LogP contribution in [-0.2, 0) is 5.92 Å². The zero-order valence-corrected chi connectivity index (χ0v) is 8.79. The number of hydrogen-bond donors (Lipinski definition) is 1. The van der Waals surface area contributed by atoms with E-state index in [-0.39, 0.29) is 23.8 Å². The zero-order chi connectivity index (χ0) is 11.9. The van der Waals surface area contributed by atoms with Crippen LogP contribution in [0.5, 0.6) is 0 Å². The summed E-state index contributed by atoms with van der Waals surface area (Å²) >= 11 is 0. The van der Waals surface area contributed by atoms with Crippen molar-refractivity contribution in [1.82, 2.24) is 4.98 Å². The largest absolute Gasteiger partial charge is 0.458 e. The van der Waals surface area contributed by atoms with E-state index in [1.165, 1.54) is 6.92 Å². The van der Waals surface area contributed by atoms with Crippen molar-refractivity contribution in [2.75, 3.05) is 5.73 Å². The number of aromatic nitrogens is 1. The number of pyridine rings is 1. The maximum absolute atomic E-state index is 12.8. The zero-order valence-electron chi connectivity index (χ0n) is 7.98. The Hall–Kier alpha value is -1.11. The molecule has 0 atom stereocenters. The summed E-state index contributed by atoms with van der Waals surface area (Å²) in [6.45, 7) is 1.30. The van der Waals surface area contributed by atoms with Gasteiger partial charge in [0.2, 0.25) is 0 Å². The lowest BCUT2D eigenvalue weighted by Crippen LogP contribution is -2.33. The fourth-order valence-corrected chi connectivity index (χ4v) is 0.921. The van der Waals surface area contributed by atoms with Crippen molar-refractivity contribution in [2.45, 2.75) is 19.0 Å². The van der Waals surface area contributed by atoms with Crippen molar-refractivity contribution in [3.05, 3.63) is 23.4 Å². The Kier molecular flexibility index (Phi) is 4.10. The van der Waals surface area contributed by atoms with Crippen LogP contribution in [0.4, 0.5) is 27.8 Å². The number of anilines is 1. The van der Waals surface area contributed by atoms with Gasteiger partial charge in [-0.3, -0.25) is 0 Å². The minimum atomic E-state index is -5.63. The van der Waals surface area contributed by atoms with Crippen molar-refractivity contribution in [2.24, 2.45) is 0 Å². The molecule has 2 nitrogen and oxygen atoms in total. The van der Waals surface area contributed by atoms with Crippen LogP contribution in [0.15, 0.2) is 12.3 Å². The highest BCUT2D eigenvalue weighted by Crippen LogP contribution is 2.43. The van der Waals surface area contributed by atoms with Crippen molar-refractivity contribution < 1.29 is 22.0 Å². The molecule has 0 aliphatic carbocycles. The first kappa shape index (κ1) is 14.9. The number of nitrogen functional groups attached to an aromatic ring is 1. The van der Waals surface area contributed by atoms with E-state index in [9.17, 15) is 22.0 Å². The predicted molar refractivity (Wildman–Crippen MR) is 50.6 cm³/mol. The number of hydrogen-bond acceptors (Lipinski definition) is 2. The quantitative estimate of drug-likeness (QED) is 0.790. The van der Waals surface area contributed by atoms with Gasteiger partial charge in [-0.2, -0.15) is 22.0 Å². The summed E-state index contributed by atoms with van der Waals surface area (Å²) in [4.78, 5) is 3.26. The van der Waals surface area contributed by atoms with Crippen LogP contribution in [0.1, 0.15) is 11.1 Å². The third-order valence-corrected chi connectivity index (χ3v) is 1.84. The minimum Gasteiger partial charge on any atom is -0.383 e. The Balaban J connectivity index is 0.00000225. The second kappa shape index (κ2) is 4.40. The molecule has 0 aliphatic heterocycles. The van der Waals surface area contributed by atoms with Crippen molar-refractivity contribution in [1.29, 1.82) is 0 Å². The monoisotopic (exact) mass is 262 g/mol. The molecular formula is C8H8ClF5N2. The maximum Gasteiger partial charge on any atom is 0.458 e. The molecule has 92 valence electrons. The van der Waals surface area contributed by atoms with E-state index in [0.29, 0.717) is 12.3 Å². The molecule has 1 aromatic rings. The van der Waals surface area contributed by atoms with E-state index in [0.717, 1.165) is 0 Å². The van der Waals surface area contributed by atoms with Gasteiger partial charge in [0.1, 0.15) is 5.82 Å². The van der Waals surface area contributed by atoms with Crippen LogP contribution >= 0.6 is 12.4 Å². The Morgan fingerprint density at radius 3 is 2.06 bits per heavy atom. The molecule has 1 heterocycles. The SMILES string of the molecule is Cc1cc(C(F)(F)C(F)(F)F)cnc1N.Cl. The summed E-state index contributed by atoms with van der Waals surface area (Å²) < 4.78 is 61.4. The Morgan fingerprint density at radius 2 is 1.69 bits per heavy atom. The van der Waals surface area contributed by atoms with Crippen LogP contribution in [0, 0.1) is 6.92 Å². The van der Waals surface area contributed by atoms with Gasteiger partial charge in [-0.05, 0) is 18.6 Å². The van der Waals surface area contributed by atoms with Crippen LogP contribution < -0.4 is 5.73 Å². The summed E-state index contributed by atoms with van der Waals surface area (Å²) in [5, 5.41) is 0. The summed E-state index contributed by atoms with van der Waals surface area (Å²) in [5.74, 6) is -4.98. The van der Waals surface area contributed by atoms with E-state index in [2.05, 4.69) is 4.98 Å². The van der Waals surface area contributed by atoms with Gasteiger partial charge in [0, 0.05) is 11.8 Å². The first-order valence-corrected chi connectivity index (χ1v) is 3.83. The average molecular weight is 263 g/mol. The molecule has 16 heavy (non-hydrogen) atoms. The highest BCUT2D eigenvalue weighted by atomic mass is 35.5. The summed E-state index contributed by atoms with van der Waals surface area (Å²) in [5.41, 5.74) is 4.08. The van der Waals surface area contributed by atoms with Crippen LogP contribution in [0.25, 0.3) is 0 Å². The Bertz CT molecular complexity index is 377. The molecule has 1 rings (SSSR count). The number of alkyl halides is 5. The van der Waals surface area contributed by atoms with Crippen LogP contribution in [0.2, 0.25) is 0 Å². The lowest BCUT2D eigenvalue weighted by atomic mass is 10.1. The van der Waals surface area contributed by atoms with Crippen molar-refractivity contribution in [3.8, 4) is 0 Å². The van der Waals surface area contributed by atoms with Gasteiger partial charge in [-0.1, -0.05) is 0 Å². The normalized spacial score (nSPS) is 12.1. The number of aryl methyl sites for hydroxylation is 1. The fourth-order valence-electron chi connectivity index (χ4n) is 0.921. The van der Waals surface area contributed by atoms with Gasteiger partial charge in [0.25, 0.3) is 0 Å². The van der Waals surface area contributed by atoms with Gasteiger partial charge >= 0.3 is 12.1 Å². The van der Waals surface area contributed by atoms with Crippen molar-refractivity contribution in [3.63, 3.8) is 0 Å². The van der Waals surface area contributed by atoms with Gasteiger partial charge in [0.05, 0.1) is 0 Å². The topological polar surface area (TPSA) is 38.9 Å². The molecule has 2 N–H and O–H groups in total. The summed E-state index contributed by atoms with van der Waals surface area (Å²) in [6, 6.07) is 0.676. The second-order valence-electron chi connectivity index (χ2n) is 3.00. The third-order valence-electron chi connectivity index (χ3n) is 1.84. The molecule has 0 fully saturated rings. The lowest BCUT2D eigenvalue weighted by molar-refractivity contribution is -0.289. The van der Waals surface area contributed by atoms with E-state index < -0.39 is 17.7 Å². The molecule has 0 amide bonds. The molecule has 0 spiro atoms. The molecule has 0 unspecified atom stereocenters. The van der Waals surface area contributed by atoms with E-state index in [4.69, 9.17) is 5.73 Å². The van der Waals surface area contributed by atoms with Gasteiger partial charge < -0.3 is 5.73 Å². The molecule has 1 aromatic heterocycles. The molecule has 0 saturated carbocycles.